The number of carbonyl (C=O) groups is 1. The number of carbonyl (C=O) groups excluding carboxylic acids is 1. The summed E-state index contributed by atoms with van der Waals surface area (Å²) in [5.74, 6) is 1.03. The van der Waals surface area contributed by atoms with Gasteiger partial charge >= 0.3 is 6.03 Å². The van der Waals surface area contributed by atoms with E-state index in [1.807, 2.05) is 39.0 Å². The molecule has 1 aromatic carbocycles. The Morgan fingerprint density at radius 3 is 2.82 bits per heavy atom. The summed E-state index contributed by atoms with van der Waals surface area (Å²) < 4.78 is 6.20. The molecule has 0 spiro atoms. The maximum absolute atomic E-state index is 12.4. The number of nitrogens with zero attached hydrogens (tertiary/aromatic N) is 3. The molecule has 1 fully saturated rings. The van der Waals surface area contributed by atoms with Crippen LogP contribution >= 0.6 is 0 Å². The van der Waals surface area contributed by atoms with E-state index in [1.165, 1.54) is 6.20 Å². The molecule has 1 aliphatic heterocycles. The maximum Gasteiger partial charge on any atom is 0.324 e. The largest absolute Gasteiger partial charge is 0.487 e. The zero-order valence-electron chi connectivity index (χ0n) is 16.8. The minimum Gasteiger partial charge on any atom is -0.487 e. The third-order valence-electron chi connectivity index (χ3n) is 4.69. The molecule has 8 heteroatoms. The lowest BCUT2D eigenvalue weighted by Crippen LogP contribution is -2.55. The fraction of sp³-hybridized carbons (Fsp3) is 0.450. The average molecular weight is 384 g/mol. The molecule has 0 saturated carbocycles. The molecular formula is C20H28N6O2. The molecule has 1 saturated heterocycles. The molecule has 2 heterocycles. The van der Waals surface area contributed by atoms with Crippen molar-refractivity contribution in [3.8, 4) is 5.75 Å². The highest BCUT2D eigenvalue weighted by molar-refractivity contribution is 6.00. The molecule has 3 rings (SSSR count). The van der Waals surface area contributed by atoms with Crippen molar-refractivity contribution in [2.45, 2.75) is 32.9 Å². The standard InChI is InChI=1S/C20H28N6O2/c1-13-5-6-18(28-15(3)17-12-26(4)8-7-21-17)16(9-13)24-20(27)25-19-11-22-14(2)10-23-19/h5-6,9-11,15,17,21H,7-8,12H2,1-4H3,(H2,23,24,25,27). The van der Waals surface area contributed by atoms with Crippen LogP contribution in [0.15, 0.2) is 30.6 Å². The van der Waals surface area contributed by atoms with Gasteiger partial charge in [0.2, 0.25) is 0 Å². The Morgan fingerprint density at radius 1 is 1.29 bits per heavy atom. The van der Waals surface area contributed by atoms with Crippen LogP contribution in [-0.2, 0) is 0 Å². The topological polar surface area (TPSA) is 91.4 Å². The molecule has 0 radical (unpaired) electrons. The molecule has 2 aromatic rings. The van der Waals surface area contributed by atoms with Gasteiger partial charge in [0.15, 0.2) is 5.82 Å². The lowest BCUT2D eigenvalue weighted by molar-refractivity contribution is 0.121. The van der Waals surface area contributed by atoms with Crippen molar-refractivity contribution in [1.29, 1.82) is 0 Å². The van der Waals surface area contributed by atoms with Crippen molar-refractivity contribution in [3.63, 3.8) is 0 Å². The van der Waals surface area contributed by atoms with Gasteiger partial charge in [-0.2, -0.15) is 0 Å². The van der Waals surface area contributed by atoms with Gasteiger partial charge in [0, 0.05) is 19.6 Å². The fourth-order valence-electron chi connectivity index (χ4n) is 3.10. The quantitative estimate of drug-likeness (QED) is 0.733. The van der Waals surface area contributed by atoms with Crippen LogP contribution in [0.2, 0.25) is 0 Å². The predicted octanol–water partition coefficient (Wildman–Crippen LogP) is 2.41. The lowest BCUT2D eigenvalue weighted by atomic mass is 10.1. The van der Waals surface area contributed by atoms with Gasteiger partial charge in [0.1, 0.15) is 11.9 Å². The molecular weight excluding hydrogens is 356 g/mol. The van der Waals surface area contributed by atoms with E-state index in [-0.39, 0.29) is 12.1 Å². The smallest absolute Gasteiger partial charge is 0.324 e. The Morgan fingerprint density at radius 2 is 2.11 bits per heavy atom. The number of ether oxygens (including phenoxy) is 1. The van der Waals surface area contributed by atoms with Gasteiger partial charge in [-0.25, -0.2) is 9.78 Å². The van der Waals surface area contributed by atoms with Crippen LogP contribution in [-0.4, -0.2) is 59.7 Å². The van der Waals surface area contributed by atoms with Gasteiger partial charge in [0.25, 0.3) is 0 Å². The maximum atomic E-state index is 12.4. The first-order valence-electron chi connectivity index (χ1n) is 9.46. The second-order valence-corrected chi connectivity index (χ2v) is 7.27. The highest BCUT2D eigenvalue weighted by Gasteiger charge is 2.24. The summed E-state index contributed by atoms with van der Waals surface area (Å²) in [7, 11) is 2.11. The Kier molecular flexibility index (Phi) is 6.43. The Balaban J connectivity index is 1.67. The highest BCUT2D eigenvalue weighted by atomic mass is 16.5. The van der Waals surface area contributed by atoms with E-state index in [2.05, 4.69) is 37.9 Å². The van der Waals surface area contributed by atoms with Crippen molar-refractivity contribution in [2.75, 3.05) is 37.3 Å². The minimum atomic E-state index is -0.392. The number of piperazine rings is 1. The summed E-state index contributed by atoms with van der Waals surface area (Å²) >= 11 is 0. The number of rotatable bonds is 5. The van der Waals surface area contributed by atoms with E-state index >= 15 is 0 Å². The molecule has 1 aromatic heterocycles. The first-order valence-corrected chi connectivity index (χ1v) is 9.46. The number of anilines is 2. The van der Waals surface area contributed by atoms with Crippen molar-refractivity contribution < 1.29 is 9.53 Å². The van der Waals surface area contributed by atoms with Gasteiger partial charge < -0.3 is 20.3 Å². The number of benzene rings is 1. The van der Waals surface area contributed by atoms with E-state index in [9.17, 15) is 4.79 Å². The van der Waals surface area contributed by atoms with E-state index in [4.69, 9.17) is 4.74 Å². The summed E-state index contributed by atoms with van der Waals surface area (Å²) in [6.45, 7) is 8.74. The van der Waals surface area contributed by atoms with Crippen LogP contribution in [0.1, 0.15) is 18.2 Å². The molecule has 2 amide bonds. The number of urea groups is 1. The summed E-state index contributed by atoms with van der Waals surface area (Å²) in [6, 6.07) is 5.58. The van der Waals surface area contributed by atoms with Gasteiger partial charge in [0.05, 0.1) is 29.8 Å². The molecule has 2 atom stereocenters. The molecule has 1 aliphatic rings. The first kappa shape index (κ1) is 20.0. The van der Waals surface area contributed by atoms with Gasteiger partial charge in [-0.1, -0.05) is 6.07 Å². The van der Waals surface area contributed by atoms with Gasteiger partial charge in [-0.3, -0.25) is 10.3 Å². The van der Waals surface area contributed by atoms with Crippen LogP contribution < -0.4 is 20.7 Å². The molecule has 0 bridgehead atoms. The van der Waals surface area contributed by atoms with Crippen molar-refractivity contribution in [2.24, 2.45) is 0 Å². The minimum absolute atomic E-state index is 0.0444. The number of aromatic nitrogens is 2. The molecule has 0 aliphatic carbocycles. The Labute approximate surface area is 165 Å². The number of hydrogen-bond donors (Lipinski definition) is 3. The van der Waals surface area contributed by atoms with Crippen LogP contribution in [0.4, 0.5) is 16.3 Å². The molecule has 8 nitrogen and oxygen atoms in total. The van der Waals surface area contributed by atoms with E-state index in [0.717, 1.165) is 30.9 Å². The second-order valence-electron chi connectivity index (χ2n) is 7.27. The highest BCUT2D eigenvalue weighted by Crippen LogP contribution is 2.27. The molecule has 150 valence electrons. The van der Waals surface area contributed by atoms with E-state index in [1.54, 1.807) is 6.20 Å². The van der Waals surface area contributed by atoms with Crippen LogP contribution in [0.5, 0.6) is 5.75 Å². The fourth-order valence-corrected chi connectivity index (χ4v) is 3.10. The molecule has 3 N–H and O–H groups in total. The lowest BCUT2D eigenvalue weighted by Gasteiger charge is -2.34. The summed E-state index contributed by atoms with van der Waals surface area (Å²) in [5, 5.41) is 9.04. The van der Waals surface area contributed by atoms with Crippen LogP contribution in [0.25, 0.3) is 0 Å². The monoisotopic (exact) mass is 384 g/mol. The average Bonchev–Trinajstić information content (AvgIpc) is 2.65. The zero-order chi connectivity index (χ0) is 20.1. The second kappa shape index (κ2) is 8.99. The molecule has 28 heavy (non-hydrogen) atoms. The van der Waals surface area contributed by atoms with Crippen LogP contribution in [0.3, 0.4) is 0 Å². The van der Waals surface area contributed by atoms with E-state index in [0.29, 0.717) is 17.3 Å². The van der Waals surface area contributed by atoms with Crippen molar-refractivity contribution in [3.05, 3.63) is 41.9 Å². The zero-order valence-corrected chi connectivity index (χ0v) is 16.8. The van der Waals surface area contributed by atoms with Crippen molar-refractivity contribution in [1.82, 2.24) is 20.2 Å². The van der Waals surface area contributed by atoms with Crippen molar-refractivity contribution >= 4 is 17.5 Å². The molecule has 2 unspecified atom stereocenters. The summed E-state index contributed by atoms with van der Waals surface area (Å²) in [4.78, 5) is 22.9. The third kappa shape index (κ3) is 5.40. The SMILES string of the molecule is Cc1ccc(OC(C)C2CN(C)CCN2)c(NC(=O)Nc2cnc(C)cn2)c1. The van der Waals surface area contributed by atoms with Gasteiger partial charge in [-0.15, -0.1) is 0 Å². The summed E-state index contributed by atoms with van der Waals surface area (Å²) in [5.41, 5.74) is 2.44. The first-order chi connectivity index (χ1) is 13.4. The number of amides is 2. The number of nitrogens with one attached hydrogen (secondary N) is 3. The van der Waals surface area contributed by atoms with Crippen LogP contribution in [0, 0.1) is 13.8 Å². The number of likely N-dealkylation sites (N-methyl/N-ethyl adjacent to an activating group) is 1. The number of hydrogen-bond acceptors (Lipinski definition) is 6. The number of aryl methyl sites for hydroxylation is 2. The Bertz CT molecular complexity index is 811. The Hall–Kier alpha value is -2.71. The van der Waals surface area contributed by atoms with Gasteiger partial charge in [-0.05, 0) is 45.5 Å². The third-order valence-corrected chi connectivity index (χ3v) is 4.69. The normalized spacial score (nSPS) is 18.4. The predicted molar refractivity (Wildman–Crippen MR) is 110 cm³/mol. The summed E-state index contributed by atoms with van der Waals surface area (Å²) in [6.07, 6.45) is 3.08. The van der Waals surface area contributed by atoms with E-state index < -0.39 is 6.03 Å².